The van der Waals surface area contributed by atoms with Crippen molar-refractivity contribution in [3.8, 4) is 0 Å². The van der Waals surface area contributed by atoms with Crippen LogP contribution in [0, 0.1) is 0 Å². The molecule has 11 heavy (non-hydrogen) atoms. The predicted molar refractivity (Wildman–Crippen MR) is 35.1 cm³/mol. The molecule has 4 heteroatoms. The Kier molecular flexibility index (Phi) is 1.49. The van der Waals surface area contributed by atoms with Crippen LogP contribution < -0.4 is 0 Å². The van der Waals surface area contributed by atoms with E-state index in [0.29, 0.717) is 6.42 Å². The van der Waals surface area contributed by atoms with E-state index in [1.54, 1.807) is 0 Å². The minimum atomic E-state index is -0.623. The Balaban J connectivity index is 2.19. The number of fused-ring (bicyclic) bond motifs is 2. The summed E-state index contributed by atoms with van der Waals surface area (Å²) in [5.74, 6) is 0.0483. The largest absolute Gasteiger partial charge is 0.388 e. The molecular weight excluding hydrogens is 148 g/mol. The predicted octanol–water partition coefficient (Wildman–Crippen LogP) is -0.898. The van der Waals surface area contributed by atoms with E-state index in [4.69, 9.17) is 9.47 Å². The number of aliphatic hydroxyl groups excluding tert-OH is 1. The van der Waals surface area contributed by atoms with Gasteiger partial charge in [0.05, 0.1) is 6.10 Å². The molecule has 4 unspecified atom stereocenters. The van der Waals surface area contributed by atoms with Crippen LogP contribution in [0.1, 0.15) is 6.42 Å². The fourth-order valence-corrected chi connectivity index (χ4v) is 1.74. The van der Waals surface area contributed by atoms with E-state index in [2.05, 4.69) is 0 Å². The number of ketones is 1. The van der Waals surface area contributed by atoms with Crippen molar-refractivity contribution < 1.29 is 19.4 Å². The van der Waals surface area contributed by atoms with Gasteiger partial charge in [0.2, 0.25) is 0 Å². The van der Waals surface area contributed by atoms with E-state index < -0.39 is 18.3 Å². The molecule has 2 fully saturated rings. The van der Waals surface area contributed by atoms with Crippen molar-refractivity contribution in [2.45, 2.75) is 30.8 Å². The zero-order valence-electron chi connectivity index (χ0n) is 6.19. The summed E-state index contributed by atoms with van der Waals surface area (Å²) in [5.41, 5.74) is 0. The lowest BCUT2D eigenvalue weighted by atomic mass is 9.94. The van der Waals surface area contributed by atoms with Crippen LogP contribution in [0.4, 0.5) is 0 Å². The molecule has 2 aliphatic heterocycles. The van der Waals surface area contributed by atoms with Gasteiger partial charge >= 0.3 is 0 Å². The average molecular weight is 158 g/mol. The molecule has 0 aliphatic carbocycles. The molecule has 0 saturated carbocycles. The Hall–Kier alpha value is -0.450. The average Bonchev–Trinajstić information content (AvgIpc) is 2.45. The van der Waals surface area contributed by atoms with Gasteiger partial charge in [0.1, 0.15) is 18.3 Å². The van der Waals surface area contributed by atoms with Crippen molar-refractivity contribution in [1.82, 2.24) is 0 Å². The van der Waals surface area contributed by atoms with Gasteiger partial charge in [0.15, 0.2) is 5.78 Å². The highest BCUT2D eigenvalue weighted by Crippen LogP contribution is 2.33. The molecule has 0 aromatic heterocycles. The first kappa shape index (κ1) is 7.21. The number of hydrogen-bond donors (Lipinski definition) is 1. The van der Waals surface area contributed by atoms with Crippen LogP contribution in [0.25, 0.3) is 0 Å². The molecule has 0 radical (unpaired) electrons. The fourth-order valence-electron chi connectivity index (χ4n) is 1.74. The Bertz CT molecular complexity index is 191. The number of rotatable bonds is 1. The second-order valence-corrected chi connectivity index (χ2v) is 2.96. The molecular formula is C7H10O4. The monoisotopic (exact) mass is 158 g/mol. The highest BCUT2D eigenvalue weighted by atomic mass is 16.6. The Labute approximate surface area is 64.1 Å². The summed E-state index contributed by atoms with van der Waals surface area (Å²) >= 11 is 0. The topological polar surface area (TPSA) is 55.8 Å². The van der Waals surface area contributed by atoms with E-state index in [9.17, 15) is 9.90 Å². The van der Waals surface area contributed by atoms with Gasteiger partial charge < -0.3 is 14.6 Å². The molecule has 0 aromatic rings. The minimum absolute atomic E-state index is 0.0483. The van der Waals surface area contributed by atoms with Gasteiger partial charge in [0, 0.05) is 13.5 Å². The number of hydrogen-bond acceptors (Lipinski definition) is 4. The molecule has 0 spiro atoms. The van der Waals surface area contributed by atoms with Crippen LogP contribution in [0.2, 0.25) is 0 Å². The van der Waals surface area contributed by atoms with Crippen LogP contribution in [-0.4, -0.2) is 42.4 Å². The summed E-state index contributed by atoms with van der Waals surface area (Å²) in [6.45, 7) is 0. The third-order valence-corrected chi connectivity index (χ3v) is 2.33. The number of carbonyl (C=O) groups excluding carboxylic acids is 1. The molecule has 0 amide bonds. The quantitative estimate of drug-likeness (QED) is 0.537. The molecule has 4 nitrogen and oxygen atoms in total. The van der Waals surface area contributed by atoms with Gasteiger partial charge in [-0.15, -0.1) is 0 Å². The van der Waals surface area contributed by atoms with Crippen molar-refractivity contribution in [2.75, 3.05) is 7.11 Å². The maximum Gasteiger partial charge on any atom is 0.167 e. The summed E-state index contributed by atoms with van der Waals surface area (Å²) in [7, 11) is 1.48. The first-order valence-electron chi connectivity index (χ1n) is 3.63. The first-order chi connectivity index (χ1) is 5.24. The minimum Gasteiger partial charge on any atom is -0.388 e. The number of Topliss-reactive ketones (excluding diaryl/α,β-unsaturated/α-hetero) is 1. The Morgan fingerprint density at radius 2 is 2.45 bits per heavy atom. The molecule has 2 saturated heterocycles. The summed E-state index contributed by atoms with van der Waals surface area (Å²) in [6, 6.07) is 0. The highest BCUT2D eigenvalue weighted by Gasteiger charge is 2.53. The highest BCUT2D eigenvalue weighted by molar-refractivity contribution is 5.87. The van der Waals surface area contributed by atoms with Crippen molar-refractivity contribution in [2.24, 2.45) is 0 Å². The van der Waals surface area contributed by atoms with Gasteiger partial charge in [-0.05, 0) is 0 Å². The fraction of sp³-hybridized carbons (Fsp3) is 0.857. The summed E-state index contributed by atoms with van der Waals surface area (Å²) < 4.78 is 10.1. The molecule has 4 atom stereocenters. The van der Waals surface area contributed by atoms with Crippen molar-refractivity contribution in [3.05, 3.63) is 0 Å². The molecule has 2 rings (SSSR count). The second-order valence-electron chi connectivity index (χ2n) is 2.96. The SMILES string of the molecule is COC1C2OC(CC2=O)C1O. The van der Waals surface area contributed by atoms with Crippen LogP contribution >= 0.6 is 0 Å². The molecule has 2 heterocycles. The third kappa shape index (κ3) is 0.834. The van der Waals surface area contributed by atoms with Gasteiger partial charge in [-0.3, -0.25) is 4.79 Å². The zero-order valence-corrected chi connectivity index (χ0v) is 6.19. The normalized spacial score (nSPS) is 48.7. The number of aliphatic hydroxyl groups is 1. The van der Waals surface area contributed by atoms with E-state index in [0.717, 1.165) is 0 Å². The van der Waals surface area contributed by atoms with Gasteiger partial charge in [-0.2, -0.15) is 0 Å². The molecule has 0 aromatic carbocycles. The smallest absolute Gasteiger partial charge is 0.167 e. The van der Waals surface area contributed by atoms with Crippen molar-refractivity contribution >= 4 is 5.78 Å². The molecule has 2 bridgehead atoms. The van der Waals surface area contributed by atoms with E-state index in [1.807, 2.05) is 0 Å². The van der Waals surface area contributed by atoms with Crippen LogP contribution in [0.3, 0.4) is 0 Å². The zero-order chi connectivity index (χ0) is 8.01. The van der Waals surface area contributed by atoms with Gasteiger partial charge in [0.25, 0.3) is 0 Å². The van der Waals surface area contributed by atoms with Crippen LogP contribution in [0.15, 0.2) is 0 Å². The van der Waals surface area contributed by atoms with Gasteiger partial charge in [-0.1, -0.05) is 0 Å². The third-order valence-electron chi connectivity index (χ3n) is 2.33. The first-order valence-corrected chi connectivity index (χ1v) is 3.63. The summed E-state index contributed by atoms with van der Waals surface area (Å²) in [4.78, 5) is 11.0. The molecule has 1 N–H and O–H groups in total. The lowest BCUT2D eigenvalue weighted by molar-refractivity contribution is -0.128. The Morgan fingerprint density at radius 3 is 2.91 bits per heavy atom. The molecule has 62 valence electrons. The number of methoxy groups -OCH3 is 1. The van der Waals surface area contributed by atoms with Crippen LogP contribution in [-0.2, 0) is 14.3 Å². The second kappa shape index (κ2) is 2.27. The lowest BCUT2D eigenvalue weighted by Gasteiger charge is -2.20. The van der Waals surface area contributed by atoms with Gasteiger partial charge in [-0.25, -0.2) is 0 Å². The standard InChI is InChI=1S/C7H10O4/c1-10-7-5(9)4-2-3(8)6(7)11-4/h4-7,9H,2H2,1H3. The lowest BCUT2D eigenvalue weighted by Crippen LogP contribution is -2.42. The summed E-state index contributed by atoms with van der Waals surface area (Å²) in [5, 5.41) is 9.39. The summed E-state index contributed by atoms with van der Waals surface area (Å²) in [6.07, 6.45) is -1.56. The Morgan fingerprint density at radius 1 is 1.73 bits per heavy atom. The van der Waals surface area contributed by atoms with Crippen molar-refractivity contribution in [3.63, 3.8) is 0 Å². The maximum atomic E-state index is 11.0. The van der Waals surface area contributed by atoms with Crippen LogP contribution in [0.5, 0.6) is 0 Å². The van der Waals surface area contributed by atoms with E-state index in [-0.39, 0.29) is 11.9 Å². The van der Waals surface area contributed by atoms with Crippen molar-refractivity contribution in [1.29, 1.82) is 0 Å². The molecule has 2 aliphatic rings. The van der Waals surface area contributed by atoms with E-state index >= 15 is 0 Å². The number of carbonyl (C=O) groups is 1. The number of ether oxygens (including phenoxy) is 2. The maximum absolute atomic E-state index is 11.0. The van der Waals surface area contributed by atoms with E-state index in [1.165, 1.54) is 7.11 Å².